The molecule has 0 aliphatic rings. The SMILES string of the molecule is CC.CC(C)Cc1cn(-c2cccc(C(=O)O)n2)c2cc(Cl)ccc12. The van der Waals surface area contributed by atoms with Crippen LogP contribution in [0.25, 0.3) is 16.7 Å². The molecular formula is C20H23ClN2O2. The van der Waals surface area contributed by atoms with Crippen molar-refractivity contribution in [3.63, 3.8) is 0 Å². The predicted molar refractivity (Wildman–Crippen MR) is 103 cm³/mol. The van der Waals surface area contributed by atoms with Gasteiger partial charge in [0.2, 0.25) is 0 Å². The zero-order chi connectivity index (χ0) is 18.6. The van der Waals surface area contributed by atoms with Gasteiger partial charge in [-0.15, -0.1) is 0 Å². The molecule has 0 spiro atoms. The molecule has 2 aromatic heterocycles. The van der Waals surface area contributed by atoms with E-state index in [1.54, 1.807) is 12.1 Å². The number of halogens is 1. The van der Waals surface area contributed by atoms with Crippen molar-refractivity contribution in [2.45, 2.75) is 34.1 Å². The second-order valence-electron chi connectivity index (χ2n) is 5.97. The zero-order valence-electron chi connectivity index (χ0n) is 15.0. The van der Waals surface area contributed by atoms with Crippen LogP contribution in [-0.4, -0.2) is 20.6 Å². The first-order valence-electron chi connectivity index (χ1n) is 8.46. The van der Waals surface area contributed by atoms with Crippen LogP contribution in [-0.2, 0) is 6.42 Å². The van der Waals surface area contributed by atoms with Gasteiger partial charge in [-0.05, 0) is 42.2 Å². The standard InChI is InChI=1S/C18H17ClN2O2.C2H6/c1-11(2)8-12-10-21(16-9-13(19)6-7-14(12)16)17-5-3-4-15(20-17)18(22)23;1-2/h3-7,9-11H,8H2,1-2H3,(H,22,23);1-2H3. The van der Waals surface area contributed by atoms with E-state index in [-0.39, 0.29) is 5.69 Å². The smallest absolute Gasteiger partial charge is 0.354 e. The largest absolute Gasteiger partial charge is 0.477 e. The maximum Gasteiger partial charge on any atom is 0.354 e. The van der Waals surface area contributed by atoms with Crippen molar-refractivity contribution in [2.75, 3.05) is 0 Å². The quantitative estimate of drug-likeness (QED) is 0.660. The van der Waals surface area contributed by atoms with E-state index in [9.17, 15) is 4.79 Å². The van der Waals surface area contributed by atoms with E-state index in [1.165, 1.54) is 11.6 Å². The third-order valence-corrected chi connectivity index (χ3v) is 3.91. The van der Waals surface area contributed by atoms with Crippen LogP contribution in [0.1, 0.15) is 43.7 Å². The highest BCUT2D eigenvalue weighted by atomic mass is 35.5. The molecule has 0 radical (unpaired) electrons. The summed E-state index contributed by atoms with van der Waals surface area (Å²) in [4.78, 5) is 15.4. The van der Waals surface area contributed by atoms with Crippen molar-refractivity contribution in [1.29, 1.82) is 0 Å². The lowest BCUT2D eigenvalue weighted by Gasteiger charge is -2.05. The lowest BCUT2D eigenvalue weighted by Crippen LogP contribution is -2.04. The number of rotatable bonds is 4. The monoisotopic (exact) mass is 358 g/mol. The second kappa shape index (κ2) is 8.17. The van der Waals surface area contributed by atoms with Crippen molar-refractivity contribution < 1.29 is 9.90 Å². The first-order valence-corrected chi connectivity index (χ1v) is 8.83. The molecule has 4 nitrogen and oxygen atoms in total. The van der Waals surface area contributed by atoms with E-state index < -0.39 is 5.97 Å². The first-order chi connectivity index (χ1) is 12.0. The molecule has 0 saturated heterocycles. The Bertz CT molecular complexity index is 885. The highest BCUT2D eigenvalue weighted by Crippen LogP contribution is 2.28. The van der Waals surface area contributed by atoms with Crippen LogP contribution < -0.4 is 0 Å². The van der Waals surface area contributed by atoms with Crippen LogP contribution in [0.5, 0.6) is 0 Å². The Balaban J connectivity index is 0.00000109. The number of pyridine rings is 1. The third kappa shape index (κ3) is 4.20. The average Bonchev–Trinajstić information content (AvgIpc) is 2.94. The molecule has 0 aliphatic heterocycles. The van der Waals surface area contributed by atoms with Crippen molar-refractivity contribution in [2.24, 2.45) is 5.92 Å². The molecule has 2 heterocycles. The summed E-state index contributed by atoms with van der Waals surface area (Å²) in [6, 6.07) is 10.7. The van der Waals surface area contributed by atoms with Crippen molar-refractivity contribution in [3.05, 3.63) is 58.9 Å². The molecule has 0 unspecified atom stereocenters. The van der Waals surface area contributed by atoms with Crippen LogP contribution in [0.4, 0.5) is 0 Å². The highest BCUT2D eigenvalue weighted by molar-refractivity contribution is 6.31. The van der Waals surface area contributed by atoms with Crippen molar-refractivity contribution >= 4 is 28.5 Å². The van der Waals surface area contributed by atoms with Gasteiger partial charge in [-0.25, -0.2) is 9.78 Å². The molecule has 3 aromatic rings. The maximum atomic E-state index is 11.2. The van der Waals surface area contributed by atoms with Gasteiger partial charge in [0.1, 0.15) is 5.82 Å². The molecule has 0 atom stereocenters. The normalized spacial score (nSPS) is 10.6. The lowest BCUT2D eigenvalue weighted by molar-refractivity contribution is 0.0690. The summed E-state index contributed by atoms with van der Waals surface area (Å²) < 4.78 is 1.91. The zero-order valence-corrected chi connectivity index (χ0v) is 15.7. The van der Waals surface area contributed by atoms with Crippen molar-refractivity contribution in [3.8, 4) is 5.82 Å². The van der Waals surface area contributed by atoms with Gasteiger partial charge >= 0.3 is 5.97 Å². The number of fused-ring (bicyclic) bond motifs is 1. The molecule has 0 aliphatic carbocycles. The van der Waals surface area contributed by atoms with Gasteiger partial charge < -0.3 is 9.67 Å². The van der Waals surface area contributed by atoms with Crippen LogP contribution >= 0.6 is 11.6 Å². The molecule has 0 amide bonds. The number of carboxylic acids is 1. The van der Waals surface area contributed by atoms with Gasteiger partial charge in [0, 0.05) is 16.6 Å². The summed E-state index contributed by atoms with van der Waals surface area (Å²) in [5.41, 5.74) is 2.16. The minimum absolute atomic E-state index is 0.0248. The molecule has 1 N–H and O–H groups in total. The second-order valence-corrected chi connectivity index (χ2v) is 6.41. The topological polar surface area (TPSA) is 55.1 Å². The van der Waals surface area contributed by atoms with E-state index in [0.29, 0.717) is 16.8 Å². The number of benzene rings is 1. The Labute approximate surface area is 153 Å². The average molecular weight is 359 g/mol. The Morgan fingerprint density at radius 2 is 1.96 bits per heavy atom. The van der Waals surface area contributed by atoms with Crippen LogP contribution in [0, 0.1) is 5.92 Å². The number of nitrogens with zero attached hydrogens (tertiary/aromatic N) is 2. The van der Waals surface area contributed by atoms with Gasteiger partial charge in [0.25, 0.3) is 0 Å². The molecule has 25 heavy (non-hydrogen) atoms. The Morgan fingerprint density at radius 1 is 1.24 bits per heavy atom. The van der Waals surface area contributed by atoms with E-state index in [1.807, 2.05) is 42.8 Å². The summed E-state index contributed by atoms with van der Waals surface area (Å²) in [7, 11) is 0. The Hall–Kier alpha value is -2.33. The van der Waals surface area contributed by atoms with Crippen LogP contribution in [0.15, 0.2) is 42.6 Å². The fourth-order valence-electron chi connectivity index (χ4n) is 2.74. The molecular weight excluding hydrogens is 336 g/mol. The molecule has 1 aromatic carbocycles. The summed E-state index contributed by atoms with van der Waals surface area (Å²) >= 11 is 6.15. The van der Waals surface area contributed by atoms with E-state index >= 15 is 0 Å². The van der Waals surface area contributed by atoms with Gasteiger partial charge in [0.05, 0.1) is 5.52 Å². The summed E-state index contributed by atoms with van der Waals surface area (Å²) in [5.74, 6) is 0.0546. The summed E-state index contributed by atoms with van der Waals surface area (Å²) in [6.07, 6.45) is 2.96. The minimum Gasteiger partial charge on any atom is -0.477 e. The molecule has 132 valence electrons. The van der Waals surface area contributed by atoms with Crippen LogP contribution in [0.2, 0.25) is 5.02 Å². The number of aromatic carboxylic acids is 1. The number of carboxylic acid groups (broad SMARTS) is 1. The Kier molecular flexibility index (Phi) is 6.21. The molecule has 0 fully saturated rings. The predicted octanol–water partition coefficient (Wildman–Crippen LogP) is 5.60. The van der Waals surface area contributed by atoms with Gasteiger partial charge in [-0.2, -0.15) is 0 Å². The van der Waals surface area contributed by atoms with Gasteiger partial charge in [-0.3, -0.25) is 0 Å². The summed E-state index contributed by atoms with van der Waals surface area (Å²) in [5, 5.41) is 10.9. The molecule has 0 bridgehead atoms. The molecule has 3 rings (SSSR count). The van der Waals surface area contributed by atoms with E-state index in [2.05, 4.69) is 18.8 Å². The number of hydrogen-bond donors (Lipinski definition) is 1. The summed E-state index contributed by atoms with van der Waals surface area (Å²) in [6.45, 7) is 8.34. The van der Waals surface area contributed by atoms with Crippen molar-refractivity contribution in [1.82, 2.24) is 9.55 Å². The third-order valence-electron chi connectivity index (χ3n) is 3.68. The van der Waals surface area contributed by atoms with E-state index in [0.717, 1.165) is 17.3 Å². The number of hydrogen-bond acceptors (Lipinski definition) is 2. The Morgan fingerprint density at radius 3 is 2.60 bits per heavy atom. The lowest BCUT2D eigenvalue weighted by atomic mass is 10.0. The van der Waals surface area contributed by atoms with Crippen LogP contribution in [0.3, 0.4) is 0 Å². The first kappa shape index (κ1) is 19.0. The van der Waals surface area contributed by atoms with Gasteiger partial charge in [0.15, 0.2) is 5.69 Å². The minimum atomic E-state index is -1.04. The van der Waals surface area contributed by atoms with E-state index in [4.69, 9.17) is 16.7 Å². The number of aromatic nitrogens is 2. The fraction of sp³-hybridized carbons (Fsp3) is 0.300. The van der Waals surface area contributed by atoms with Gasteiger partial charge in [-0.1, -0.05) is 51.4 Å². The molecule has 0 saturated carbocycles. The fourth-order valence-corrected chi connectivity index (χ4v) is 2.91. The molecule has 5 heteroatoms. The number of carbonyl (C=O) groups is 1. The maximum absolute atomic E-state index is 11.2. The highest BCUT2D eigenvalue weighted by Gasteiger charge is 2.13.